The van der Waals surface area contributed by atoms with E-state index >= 15 is 0 Å². The molecule has 108 valence electrons. The van der Waals surface area contributed by atoms with Gasteiger partial charge < -0.3 is 4.90 Å². The summed E-state index contributed by atoms with van der Waals surface area (Å²) >= 11 is 5.76. The number of piperidine rings is 1. The molecule has 0 radical (unpaired) electrons. The molecule has 1 aliphatic heterocycles. The standard InChI is InChI=1S/C13H16ClN3O3/c1-8-4-3-5-9(2)16(8)13(18)10-6-7-15-12(14)11(10)17(19)20/h6-9H,3-5H2,1-2H3/t8-,9+. The first-order valence-corrected chi connectivity index (χ1v) is 6.92. The van der Waals surface area contributed by atoms with Gasteiger partial charge in [-0.2, -0.15) is 0 Å². The number of hydrogen-bond acceptors (Lipinski definition) is 4. The second-order valence-corrected chi connectivity index (χ2v) is 5.45. The maximum atomic E-state index is 12.6. The van der Waals surface area contributed by atoms with Crippen molar-refractivity contribution in [2.45, 2.75) is 45.2 Å². The Hall–Kier alpha value is -1.69. The van der Waals surface area contributed by atoms with Crippen molar-refractivity contribution < 1.29 is 9.72 Å². The molecular formula is C13H16ClN3O3. The largest absolute Gasteiger partial charge is 0.333 e. The van der Waals surface area contributed by atoms with Crippen molar-refractivity contribution in [3.8, 4) is 0 Å². The average molecular weight is 298 g/mol. The van der Waals surface area contributed by atoms with Gasteiger partial charge >= 0.3 is 5.69 Å². The van der Waals surface area contributed by atoms with Crippen LogP contribution in [0.2, 0.25) is 5.15 Å². The van der Waals surface area contributed by atoms with Crippen molar-refractivity contribution in [2.75, 3.05) is 0 Å². The summed E-state index contributed by atoms with van der Waals surface area (Å²) in [5.41, 5.74) is -0.403. The van der Waals surface area contributed by atoms with Crippen molar-refractivity contribution in [1.82, 2.24) is 9.88 Å². The van der Waals surface area contributed by atoms with E-state index in [1.54, 1.807) is 4.90 Å². The predicted octanol–water partition coefficient (Wildman–Crippen LogP) is 3.05. The van der Waals surface area contributed by atoms with Gasteiger partial charge in [-0.1, -0.05) is 11.6 Å². The van der Waals surface area contributed by atoms with Gasteiger partial charge in [0.15, 0.2) is 0 Å². The molecule has 6 nitrogen and oxygen atoms in total. The molecule has 0 aromatic carbocycles. The Morgan fingerprint density at radius 1 is 1.45 bits per heavy atom. The molecule has 7 heteroatoms. The van der Waals surface area contributed by atoms with Gasteiger partial charge in [0.05, 0.1) is 4.92 Å². The molecule has 1 saturated heterocycles. The number of carbonyl (C=O) groups excluding carboxylic acids is 1. The molecule has 1 amide bonds. The van der Waals surface area contributed by atoms with Crippen LogP contribution >= 0.6 is 11.6 Å². The number of nitrogens with zero attached hydrogens (tertiary/aromatic N) is 3. The number of rotatable bonds is 2. The van der Waals surface area contributed by atoms with Crippen molar-refractivity contribution in [1.29, 1.82) is 0 Å². The van der Waals surface area contributed by atoms with E-state index in [9.17, 15) is 14.9 Å². The fraction of sp³-hybridized carbons (Fsp3) is 0.538. The first-order valence-electron chi connectivity index (χ1n) is 6.55. The van der Waals surface area contributed by atoms with Crippen molar-refractivity contribution in [2.24, 2.45) is 0 Å². The lowest BCUT2D eigenvalue weighted by Gasteiger charge is -2.39. The minimum atomic E-state index is -0.651. The minimum Gasteiger partial charge on any atom is -0.333 e. The maximum absolute atomic E-state index is 12.6. The van der Waals surface area contributed by atoms with E-state index < -0.39 is 10.6 Å². The number of pyridine rings is 1. The lowest BCUT2D eigenvalue weighted by molar-refractivity contribution is -0.385. The molecule has 1 aliphatic rings. The Bertz CT molecular complexity index is 540. The fourth-order valence-corrected chi connectivity index (χ4v) is 2.96. The smallest absolute Gasteiger partial charge is 0.319 e. The molecular weight excluding hydrogens is 282 g/mol. The van der Waals surface area contributed by atoms with Crippen LogP contribution in [0.25, 0.3) is 0 Å². The Morgan fingerprint density at radius 3 is 2.60 bits per heavy atom. The second kappa shape index (κ2) is 5.75. The zero-order chi connectivity index (χ0) is 14.9. The van der Waals surface area contributed by atoms with Crippen LogP contribution < -0.4 is 0 Å². The van der Waals surface area contributed by atoms with Crippen molar-refractivity contribution in [3.63, 3.8) is 0 Å². The minimum absolute atomic E-state index is 0.00981. The summed E-state index contributed by atoms with van der Waals surface area (Å²) < 4.78 is 0. The molecule has 0 saturated carbocycles. The van der Waals surface area contributed by atoms with Crippen LogP contribution in [-0.2, 0) is 0 Å². The quantitative estimate of drug-likeness (QED) is 0.477. The van der Waals surface area contributed by atoms with Crippen LogP contribution in [0.3, 0.4) is 0 Å². The lowest BCUT2D eigenvalue weighted by atomic mass is 9.96. The lowest BCUT2D eigenvalue weighted by Crippen LogP contribution is -2.47. The first-order chi connectivity index (χ1) is 9.43. The van der Waals surface area contributed by atoms with Gasteiger partial charge in [0, 0.05) is 18.3 Å². The summed E-state index contributed by atoms with van der Waals surface area (Å²) in [6.45, 7) is 3.92. The summed E-state index contributed by atoms with van der Waals surface area (Å²) in [6, 6.07) is 1.50. The van der Waals surface area contributed by atoms with Crippen LogP contribution in [0.15, 0.2) is 12.3 Å². The molecule has 2 heterocycles. The number of likely N-dealkylation sites (tertiary alicyclic amines) is 1. The third-order valence-corrected chi connectivity index (χ3v) is 4.00. The van der Waals surface area contributed by atoms with Crippen LogP contribution in [0, 0.1) is 10.1 Å². The summed E-state index contributed by atoms with van der Waals surface area (Å²) in [7, 11) is 0. The van der Waals surface area contributed by atoms with E-state index in [1.807, 2.05) is 13.8 Å². The topological polar surface area (TPSA) is 76.3 Å². The highest BCUT2D eigenvalue weighted by Gasteiger charge is 2.34. The van der Waals surface area contributed by atoms with E-state index in [1.165, 1.54) is 12.3 Å². The Balaban J connectivity index is 2.43. The van der Waals surface area contributed by atoms with Gasteiger partial charge in [-0.15, -0.1) is 0 Å². The van der Waals surface area contributed by atoms with Crippen LogP contribution in [0.1, 0.15) is 43.5 Å². The molecule has 0 N–H and O–H groups in total. The summed E-state index contributed by atoms with van der Waals surface area (Å²) in [6.07, 6.45) is 4.19. The number of nitro groups is 1. The Morgan fingerprint density at radius 2 is 2.05 bits per heavy atom. The molecule has 0 aliphatic carbocycles. The van der Waals surface area contributed by atoms with Gasteiger partial charge in [0.25, 0.3) is 5.91 Å². The number of halogens is 1. The van der Waals surface area contributed by atoms with Gasteiger partial charge in [-0.3, -0.25) is 14.9 Å². The number of hydrogen-bond donors (Lipinski definition) is 0. The molecule has 2 atom stereocenters. The highest BCUT2D eigenvalue weighted by Crippen LogP contribution is 2.30. The normalized spacial score (nSPS) is 22.6. The molecule has 0 spiro atoms. The molecule has 1 fully saturated rings. The van der Waals surface area contributed by atoms with E-state index in [0.29, 0.717) is 0 Å². The molecule has 0 unspecified atom stereocenters. The highest BCUT2D eigenvalue weighted by molar-refractivity contribution is 6.32. The molecule has 1 aromatic heterocycles. The highest BCUT2D eigenvalue weighted by atomic mass is 35.5. The van der Waals surface area contributed by atoms with E-state index in [0.717, 1.165) is 19.3 Å². The zero-order valence-electron chi connectivity index (χ0n) is 11.4. The first kappa shape index (κ1) is 14.7. The van der Waals surface area contributed by atoms with Gasteiger partial charge in [-0.05, 0) is 39.2 Å². The van der Waals surface area contributed by atoms with Crippen LogP contribution in [-0.4, -0.2) is 32.8 Å². The van der Waals surface area contributed by atoms with Crippen LogP contribution in [0.5, 0.6) is 0 Å². The molecule has 0 bridgehead atoms. The summed E-state index contributed by atoms with van der Waals surface area (Å²) in [5.74, 6) is -0.347. The van der Waals surface area contributed by atoms with E-state index in [-0.39, 0.29) is 28.7 Å². The molecule has 20 heavy (non-hydrogen) atoms. The van der Waals surface area contributed by atoms with Crippen molar-refractivity contribution in [3.05, 3.63) is 33.1 Å². The van der Waals surface area contributed by atoms with Gasteiger partial charge in [0.1, 0.15) is 5.56 Å². The second-order valence-electron chi connectivity index (χ2n) is 5.10. The maximum Gasteiger partial charge on any atom is 0.319 e. The number of aromatic nitrogens is 1. The molecule has 2 rings (SSSR count). The predicted molar refractivity (Wildman–Crippen MR) is 74.8 cm³/mol. The third kappa shape index (κ3) is 2.60. The van der Waals surface area contributed by atoms with E-state index in [2.05, 4.69) is 4.98 Å². The SMILES string of the molecule is C[C@@H]1CCC[C@H](C)N1C(=O)c1ccnc(Cl)c1[N+](=O)[O-]. The van der Waals surface area contributed by atoms with Gasteiger partial charge in [0.2, 0.25) is 5.15 Å². The number of amides is 1. The Labute approximate surface area is 121 Å². The van der Waals surface area contributed by atoms with Crippen LogP contribution in [0.4, 0.5) is 5.69 Å². The molecule has 1 aromatic rings. The summed E-state index contributed by atoms with van der Waals surface area (Å²) in [4.78, 5) is 28.5. The van der Waals surface area contributed by atoms with Gasteiger partial charge in [-0.25, -0.2) is 4.98 Å². The monoisotopic (exact) mass is 297 g/mol. The Kier molecular flexibility index (Phi) is 4.23. The van der Waals surface area contributed by atoms with E-state index in [4.69, 9.17) is 11.6 Å². The zero-order valence-corrected chi connectivity index (χ0v) is 12.1. The summed E-state index contributed by atoms with van der Waals surface area (Å²) in [5, 5.41) is 10.9. The number of carbonyl (C=O) groups is 1. The fourth-order valence-electron chi connectivity index (χ4n) is 2.74. The average Bonchev–Trinajstić information content (AvgIpc) is 2.37. The third-order valence-electron chi connectivity index (χ3n) is 3.72. The van der Waals surface area contributed by atoms with Crippen molar-refractivity contribution >= 4 is 23.2 Å².